The molecule has 0 aliphatic carbocycles. The monoisotopic (exact) mass is 313 g/mol. The Morgan fingerprint density at radius 1 is 0.818 bits per heavy atom. The van der Waals surface area contributed by atoms with E-state index in [2.05, 4.69) is 81.5 Å². The molecular formula is C20H43NO. The summed E-state index contributed by atoms with van der Waals surface area (Å²) in [6, 6.07) is 0. The lowest BCUT2D eigenvalue weighted by Crippen LogP contribution is -2.56. The van der Waals surface area contributed by atoms with Crippen LogP contribution < -0.4 is 5.32 Å². The second-order valence-corrected chi connectivity index (χ2v) is 9.74. The lowest BCUT2D eigenvalue weighted by Gasteiger charge is -2.45. The van der Waals surface area contributed by atoms with Crippen molar-refractivity contribution in [2.75, 3.05) is 6.61 Å². The highest BCUT2D eigenvalue weighted by Gasteiger charge is 2.37. The molecule has 2 heteroatoms. The van der Waals surface area contributed by atoms with Crippen molar-refractivity contribution in [2.45, 2.75) is 112 Å². The van der Waals surface area contributed by atoms with Crippen LogP contribution in [0.25, 0.3) is 0 Å². The molecule has 0 aromatic carbocycles. The van der Waals surface area contributed by atoms with Gasteiger partial charge in [0.25, 0.3) is 0 Å². The largest absolute Gasteiger partial charge is 0.376 e. The van der Waals surface area contributed by atoms with E-state index in [1.165, 1.54) is 12.8 Å². The molecule has 0 heterocycles. The fourth-order valence-electron chi connectivity index (χ4n) is 4.38. The maximum Gasteiger partial charge on any atom is 0.0643 e. The van der Waals surface area contributed by atoms with Crippen LogP contribution >= 0.6 is 0 Å². The first kappa shape index (κ1) is 21.9. The van der Waals surface area contributed by atoms with Crippen LogP contribution in [-0.4, -0.2) is 23.3 Å². The van der Waals surface area contributed by atoms with Gasteiger partial charge < -0.3 is 10.1 Å². The quantitative estimate of drug-likeness (QED) is 0.550. The molecule has 2 nitrogen and oxygen atoms in total. The zero-order valence-corrected chi connectivity index (χ0v) is 17.3. The fraction of sp³-hybridized carbons (Fsp3) is 1.00. The minimum atomic E-state index is -0.0897. The Balaban J connectivity index is 4.88. The zero-order chi connectivity index (χ0) is 17.8. The highest BCUT2D eigenvalue weighted by atomic mass is 16.5. The van der Waals surface area contributed by atoms with Crippen molar-refractivity contribution in [1.82, 2.24) is 5.32 Å². The summed E-state index contributed by atoms with van der Waals surface area (Å²) in [6.07, 6.45) is 3.42. The maximum absolute atomic E-state index is 5.90. The Bertz CT molecular complexity index is 329. The molecular weight excluding hydrogens is 270 g/mol. The van der Waals surface area contributed by atoms with Gasteiger partial charge in [0.15, 0.2) is 0 Å². The number of hydrogen-bond donors (Lipinski definition) is 1. The van der Waals surface area contributed by atoms with Gasteiger partial charge in [-0.25, -0.2) is 0 Å². The lowest BCUT2D eigenvalue weighted by atomic mass is 9.70. The van der Waals surface area contributed by atoms with Gasteiger partial charge in [-0.1, -0.05) is 34.1 Å². The normalized spacial score (nSPS) is 16.0. The molecule has 0 rings (SSSR count). The first-order valence-corrected chi connectivity index (χ1v) is 9.10. The first-order valence-electron chi connectivity index (χ1n) is 9.10. The minimum absolute atomic E-state index is 0.0493. The summed E-state index contributed by atoms with van der Waals surface area (Å²) < 4.78 is 5.90. The summed E-state index contributed by atoms with van der Waals surface area (Å²) in [6.45, 7) is 26.0. The van der Waals surface area contributed by atoms with Gasteiger partial charge in [-0.2, -0.15) is 0 Å². The van der Waals surface area contributed by atoms with E-state index in [9.17, 15) is 0 Å². The Labute approximate surface area is 140 Å². The third-order valence-corrected chi connectivity index (χ3v) is 4.92. The number of hydrogen-bond acceptors (Lipinski definition) is 2. The second kappa shape index (κ2) is 7.66. The van der Waals surface area contributed by atoms with E-state index in [1.807, 2.05) is 0 Å². The molecule has 1 N–H and O–H groups in total. The summed E-state index contributed by atoms with van der Waals surface area (Å²) in [5.74, 6) is 0.733. The Morgan fingerprint density at radius 2 is 1.27 bits per heavy atom. The van der Waals surface area contributed by atoms with Crippen LogP contribution in [0.1, 0.15) is 95.4 Å². The summed E-state index contributed by atoms with van der Waals surface area (Å²) in [7, 11) is 0. The van der Waals surface area contributed by atoms with Crippen molar-refractivity contribution in [3.63, 3.8) is 0 Å². The standard InChI is InChI=1S/C20H43NO/c1-12-16(3)17(4,5)14-18(6,7)21-19(8,9)15-20(10,11)22-13-2/h16,21H,12-15H2,1-11H3. The maximum atomic E-state index is 5.90. The Kier molecular flexibility index (Phi) is 7.63. The SMILES string of the molecule is CCOC(C)(C)CC(C)(C)NC(C)(C)CC(C)(C)C(C)CC. The van der Waals surface area contributed by atoms with E-state index in [-0.39, 0.29) is 16.7 Å². The molecule has 0 saturated carbocycles. The molecule has 0 spiro atoms. The predicted octanol–water partition coefficient (Wildman–Crippen LogP) is 5.80. The van der Waals surface area contributed by atoms with Gasteiger partial charge in [-0.15, -0.1) is 0 Å². The van der Waals surface area contributed by atoms with Crippen LogP contribution in [0.15, 0.2) is 0 Å². The van der Waals surface area contributed by atoms with Crippen molar-refractivity contribution >= 4 is 0 Å². The molecule has 0 aromatic rings. The molecule has 0 radical (unpaired) electrons. The van der Waals surface area contributed by atoms with Crippen LogP contribution in [0.2, 0.25) is 0 Å². The number of nitrogens with one attached hydrogen (secondary N) is 1. The van der Waals surface area contributed by atoms with E-state index >= 15 is 0 Å². The van der Waals surface area contributed by atoms with E-state index in [0.717, 1.165) is 18.9 Å². The molecule has 1 atom stereocenters. The zero-order valence-electron chi connectivity index (χ0n) is 17.3. The van der Waals surface area contributed by atoms with Gasteiger partial charge in [0, 0.05) is 17.7 Å². The Morgan fingerprint density at radius 3 is 1.68 bits per heavy atom. The van der Waals surface area contributed by atoms with Crippen LogP contribution in [0.3, 0.4) is 0 Å². The van der Waals surface area contributed by atoms with Gasteiger partial charge in [-0.3, -0.25) is 0 Å². The summed E-state index contributed by atoms with van der Waals surface area (Å²) in [5, 5.41) is 3.90. The average molecular weight is 314 g/mol. The lowest BCUT2D eigenvalue weighted by molar-refractivity contribution is -0.0360. The average Bonchev–Trinajstić information content (AvgIpc) is 2.22. The van der Waals surface area contributed by atoms with Crippen LogP contribution in [0.4, 0.5) is 0 Å². The smallest absolute Gasteiger partial charge is 0.0643 e. The van der Waals surface area contributed by atoms with E-state index in [1.54, 1.807) is 0 Å². The van der Waals surface area contributed by atoms with E-state index in [4.69, 9.17) is 4.74 Å². The van der Waals surface area contributed by atoms with Gasteiger partial charge in [0.2, 0.25) is 0 Å². The molecule has 0 saturated heterocycles. The van der Waals surface area contributed by atoms with E-state index < -0.39 is 0 Å². The highest BCUT2D eigenvalue weighted by molar-refractivity contribution is 4.95. The molecule has 0 fully saturated rings. The molecule has 0 aromatic heterocycles. The number of rotatable bonds is 10. The van der Waals surface area contributed by atoms with Crippen molar-refractivity contribution < 1.29 is 4.74 Å². The van der Waals surface area contributed by atoms with E-state index in [0.29, 0.717) is 5.41 Å². The second-order valence-electron chi connectivity index (χ2n) is 9.74. The first-order chi connectivity index (χ1) is 9.66. The van der Waals surface area contributed by atoms with Crippen molar-refractivity contribution in [2.24, 2.45) is 11.3 Å². The predicted molar refractivity (Wildman–Crippen MR) is 99.5 cm³/mol. The molecule has 1 unspecified atom stereocenters. The molecule has 0 bridgehead atoms. The molecule has 22 heavy (non-hydrogen) atoms. The van der Waals surface area contributed by atoms with Crippen molar-refractivity contribution in [3.8, 4) is 0 Å². The fourth-order valence-corrected chi connectivity index (χ4v) is 4.38. The third-order valence-electron chi connectivity index (χ3n) is 4.92. The minimum Gasteiger partial charge on any atom is -0.376 e. The van der Waals surface area contributed by atoms with Gasteiger partial charge in [-0.05, 0) is 72.6 Å². The van der Waals surface area contributed by atoms with Gasteiger partial charge in [0.1, 0.15) is 0 Å². The van der Waals surface area contributed by atoms with Crippen molar-refractivity contribution in [1.29, 1.82) is 0 Å². The Hall–Kier alpha value is -0.0800. The summed E-state index contributed by atoms with van der Waals surface area (Å²) in [5.41, 5.74) is 0.413. The third kappa shape index (κ3) is 7.97. The highest BCUT2D eigenvalue weighted by Crippen LogP contribution is 2.38. The molecule has 134 valence electrons. The summed E-state index contributed by atoms with van der Waals surface area (Å²) in [4.78, 5) is 0. The van der Waals surface area contributed by atoms with Gasteiger partial charge >= 0.3 is 0 Å². The van der Waals surface area contributed by atoms with Gasteiger partial charge in [0.05, 0.1) is 5.60 Å². The molecule has 0 aliphatic rings. The topological polar surface area (TPSA) is 21.3 Å². The molecule has 0 amide bonds. The number of ether oxygens (including phenoxy) is 1. The van der Waals surface area contributed by atoms with Crippen molar-refractivity contribution in [3.05, 3.63) is 0 Å². The summed E-state index contributed by atoms with van der Waals surface area (Å²) >= 11 is 0. The van der Waals surface area contributed by atoms with Crippen LogP contribution in [0, 0.1) is 11.3 Å². The van der Waals surface area contributed by atoms with Crippen LogP contribution in [0.5, 0.6) is 0 Å². The molecule has 0 aliphatic heterocycles. The van der Waals surface area contributed by atoms with Crippen LogP contribution in [-0.2, 0) is 4.74 Å².